The Bertz CT molecular complexity index is 430. The SMILES string of the molecule is c1cn2c(C3CNC3)cnc2cn1. The Morgan fingerprint density at radius 2 is 2.31 bits per heavy atom. The molecule has 0 atom stereocenters. The lowest BCUT2D eigenvalue weighted by Gasteiger charge is -2.26. The van der Waals surface area contributed by atoms with Gasteiger partial charge in [0.05, 0.1) is 6.20 Å². The van der Waals surface area contributed by atoms with Crippen LogP contribution in [0.2, 0.25) is 0 Å². The summed E-state index contributed by atoms with van der Waals surface area (Å²) in [5.41, 5.74) is 2.22. The first kappa shape index (κ1) is 7.03. The Hall–Kier alpha value is -1.42. The van der Waals surface area contributed by atoms with Gasteiger partial charge in [0.2, 0.25) is 0 Å². The second-order valence-electron chi connectivity index (χ2n) is 3.34. The monoisotopic (exact) mass is 174 g/mol. The molecule has 1 saturated heterocycles. The van der Waals surface area contributed by atoms with Crippen LogP contribution in [0.25, 0.3) is 5.65 Å². The molecule has 66 valence electrons. The Morgan fingerprint density at radius 1 is 1.38 bits per heavy atom. The first-order chi connectivity index (χ1) is 6.45. The summed E-state index contributed by atoms with van der Waals surface area (Å²) in [6, 6.07) is 0. The fraction of sp³-hybridized carbons (Fsp3) is 0.333. The van der Waals surface area contributed by atoms with E-state index in [1.807, 2.05) is 12.4 Å². The summed E-state index contributed by atoms with van der Waals surface area (Å²) < 4.78 is 2.11. The van der Waals surface area contributed by atoms with Crippen LogP contribution in [0.3, 0.4) is 0 Å². The highest BCUT2D eigenvalue weighted by molar-refractivity contribution is 5.38. The number of nitrogens with one attached hydrogen (secondary N) is 1. The summed E-state index contributed by atoms with van der Waals surface area (Å²) >= 11 is 0. The normalized spacial score (nSPS) is 17.5. The summed E-state index contributed by atoms with van der Waals surface area (Å²) in [6.07, 6.45) is 7.50. The molecule has 2 aromatic rings. The largest absolute Gasteiger partial charge is 0.315 e. The van der Waals surface area contributed by atoms with E-state index in [1.165, 1.54) is 5.69 Å². The lowest BCUT2D eigenvalue weighted by atomic mass is 10.0. The quantitative estimate of drug-likeness (QED) is 0.681. The Balaban J connectivity index is 2.17. The zero-order valence-electron chi connectivity index (χ0n) is 7.14. The highest BCUT2D eigenvalue weighted by Crippen LogP contribution is 2.19. The number of nitrogens with zero attached hydrogens (tertiary/aromatic N) is 3. The van der Waals surface area contributed by atoms with Crippen molar-refractivity contribution in [1.29, 1.82) is 0 Å². The van der Waals surface area contributed by atoms with Gasteiger partial charge >= 0.3 is 0 Å². The van der Waals surface area contributed by atoms with Crippen molar-refractivity contribution in [2.24, 2.45) is 0 Å². The van der Waals surface area contributed by atoms with Gasteiger partial charge < -0.3 is 9.72 Å². The fourth-order valence-electron chi connectivity index (χ4n) is 1.66. The molecule has 13 heavy (non-hydrogen) atoms. The van der Waals surface area contributed by atoms with Crippen molar-refractivity contribution >= 4 is 5.65 Å². The van der Waals surface area contributed by atoms with Gasteiger partial charge in [0.1, 0.15) is 0 Å². The Labute approximate surface area is 75.6 Å². The van der Waals surface area contributed by atoms with Crippen LogP contribution in [0.4, 0.5) is 0 Å². The van der Waals surface area contributed by atoms with Crippen molar-refractivity contribution in [3.05, 3.63) is 30.5 Å². The number of rotatable bonds is 1. The van der Waals surface area contributed by atoms with Gasteiger partial charge in [-0.15, -0.1) is 0 Å². The molecule has 0 saturated carbocycles. The van der Waals surface area contributed by atoms with Gasteiger partial charge in [0.15, 0.2) is 5.65 Å². The van der Waals surface area contributed by atoms with E-state index >= 15 is 0 Å². The lowest BCUT2D eigenvalue weighted by molar-refractivity contribution is 0.437. The minimum atomic E-state index is 0.623. The predicted octanol–water partition coefficient (Wildman–Crippen LogP) is 0.416. The highest BCUT2D eigenvalue weighted by Gasteiger charge is 2.21. The molecule has 0 spiro atoms. The molecule has 0 bridgehead atoms. The van der Waals surface area contributed by atoms with Crippen molar-refractivity contribution in [3.8, 4) is 0 Å². The van der Waals surface area contributed by atoms with Crippen molar-refractivity contribution in [2.75, 3.05) is 13.1 Å². The van der Waals surface area contributed by atoms with Gasteiger partial charge in [-0.05, 0) is 0 Å². The van der Waals surface area contributed by atoms with Crippen LogP contribution in [-0.4, -0.2) is 27.5 Å². The fourth-order valence-corrected chi connectivity index (χ4v) is 1.66. The average Bonchev–Trinajstić information content (AvgIpc) is 2.47. The van der Waals surface area contributed by atoms with Crippen LogP contribution < -0.4 is 5.32 Å². The maximum absolute atomic E-state index is 4.29. The standard InChI is InChI=1S/C9H10N4/c1-2-13-8(7-3-11-4-7)5-12-9(13)6-10-1/h1-2,5-7,11H,3-4H2. The van der Waals surface area contributed by atoms with E-state index in [2.05, 4.69) is 19.7 Å². The maximum atomic E-state index is 4.29. The lowest BCUT2D eigenvalue weighted by Crippen LogP contribution is -2.40. The topological polar surface area (TPSA) is 42.2 Å². The Morgan fingerprint density at radius 3 is 3.08 bits per heavy atom. The van der Waals surface area contributed by atoms with E-state index in [9.17, 15) is 0 Å². The van der Waals surface area contributed by atoms with E-state index in [0.29, 0.717) is 5.92 Å². The molecule has 1 N–H and O–H groups in total. The van der Waals surface area contributed by atoms with Gasteiger partial charge in [0.25, 0.3) is 0 Å². The molecule has 0 radical (unpaired) electrons. The number of hydrogen-bond acceptors (Lipinski definition) is 3. The van der Waals surface area contributed by atoms with Crippen LogP contribution in [0, 0.1) is 0 Å². The molecular weight excluding hydrogens is 164 g/mol. The molecule has 4 nitrogen and oxygen atoms in total. The average molecular weight is 174 g/mol. The summed E-state index contributed by atoms with van der Waals surface area (Å²) in [5.74, 6) is 0.623. The summed E-state index contributed by atoms with van der Waals surface area (Å²) in [5, 5.41) is 3.26. The van der Waals surface area contributed by atoms with Crippen molar-refractivity contribution in [1.82, 2.24) is 19.7 Å². The smallest absolute Gasteiger partial charge is 0.155 e. The van der Waals surface area contributed by atoms with Crippen LogP contribution in [-0.2, 0) is 0 Å². The molecule has 1 fully saturated rings. The van der Waals surface area contributed by atoms with Gasteiger partial charge in [-0.25, -0.2) is 4.98 Å². The minimum Gasteiger partial charge on any atom is -0.315 e. The molecule has 2 aromatic heterocycles. The van der Waals surface area contributed by atoms with E-state index in [4.69, 9.17) is 0 Å². The van der Waals surface area contributed by atoms with Crippen LogP contribution in [0.5, 0.6) is 0 Å². The molecule has 1 aliphatic heterocycles. The van der Waals surface area contributed by atoms with Gasteiger partial charge in [-0.1, -0.05) is 0 Å². The third-order valence-electron chi connectivity index (χ3n) is 2.55. The molecule has 0 unspecified atom stereocenters. The second-order valence-corrected chi connectivity index (χ2v) is 3.34. The first-order valence-electron chi connectivity index (χ1n) is 4.43. The predicted molar refractivity (Wildman–Crippen MR) is 48.6 cm³/mol. The Kier molecular flexibility index (Phi) is 1.37. The number of aromatic nitrogens is 3. The van der Waals surface area contributed by atoms with Crippen molar-refractivity contribution in [2.45, 2.75) is 5.92 Å². The summed E-state index contributed by atoms with van der Waals surface area (Å²) in [4.78, 5) is 8.32. The number of fused-ring (bicyclic) bond motifs is 1. The molecule has 0 aromatic carbocycles. The van der Waals surface area contributed by atoms with Crippen LogP contribution in [0.1, 0.15) is 11.6 Å². The summed E-state index contributed by atoms with van der Waals surface area (Å²) in [7, 11) is 0. The van der Waals surface area contributed by atoms with Gasteiger partial charge in [-0.2, -0.15) is 0 Å². The van der Waals surface area contributed by atoms with E-state index < -0.39 is 0 Å². The van der Waals surface area contributed by atoms with Crippen molar-refractivity contribution < 1.29 is 0 Å². The van der Waals surface area contributed by atoms with Gasteiger partial charge in [0, 0.05) is 43.3 Å². The number of hydrogen-bond donors (Lipinski definition) is 1. The first-order valence-corrected chi connectivity index (χ1v) is 4.43. The second kappa shape index (κ2) is 2.53. The van der Waals surface area contributed by atoms with Crippen LogP contribution in [0.15, 0.2) is 24.8 Å². The van der Waals surface area contributed by atoms with Crippen molar-refractivity contribution in [3.63, 3.8) is 0 Å². The molecule has 0 aliphatic carbocycles. The number of imidazole rings is 1. The molecule has 1 aliphatic rings. The molecule has 3 rings (SSSR count). The summed E-state index contributed by atoms with van der Waals surface area (Å²) in [6.45, 7) is 2.13. The van der Waals surface area contributed by atoms with Gasteiger partial charge in [-0.3, -0.25) is 4.98 Å². The molecule has 0 amide bonds. The zero-order chi connectivity index (χ0) is 8.67. The highest BCUT2D eigenvalue weighted by atomic mass is 15.1. The van der Waals surface area contributed by atoms with Crippen LogP contribution >= 0.6 is 0 Å². The maximum Gasteiger partial charge on any atom is 0.155 e. The third kappa shape index (κ3) is 0.954. The van der Waals surface area contributed by atoms with E-state index in [0.717, 1.165) is 18.7 Å². The molecular formula is C9H10N4. The zero-order valence-corrected chi connectivity index (χ0v) is 7.14. The van der Waals surface area contributed by atoms with E-state index in [-0.39, 0.29) is 0 Å². The molecule has 3 heterocycles. The third-order valence-corrected chi connectivity index (χ3v) is 2.55. The molecule has 4 heteroatoms. The van der Waals surface area contributed by atoms with E-state index in [1.54, 1.807) is 12.4 Å². The minimum absolute atomic E-state index is 0.623.